The minimum absolute atomic E-state index is 0.180. The van der Waals surface area contributed by atoms with E-state index >= 15 is 0 Å². The smallest absolute Gasteiger partial charge is 0.462 e. The summed E-state index contributed by atoms with van der Waals surface area (Å²) < 4.78 is 26.2. The second-order valence-electron chi connectivity index (χ2n) is 11.8. The van der Waals surface area contributed by atoms with E-state index in [0.717, 1.165) is 89.9 Å². The van der Waals surface area contributed by atoms with Gasteiger partial charge in [-0.2, -0.15) is 0 Å². The number of phosphoric acid groups is 1. The van der Waals surface area contributed by atoms with Gasteiger partial charge in [0.1, 0.15) is 6.61 Å². The third kappa shape index (κ3) is 36.4. The molecule has 0 aliphatic heterocycles. The number of allylic oxidation sites excluding steroid dienone is 10. The Balaban J connectivity index is 4.06. The van der Waals surface area contributed by atoms with Crippen LogP contribution >= 0.6 is 7.82 Å². The number of carbonyl (C=O) groups is 2. The molecule has 270 valence electrons. The van der Waals surface area contributed by atoms with Crippen molar-refractivity contribution in [2.75, 3.05) is 13.2 Å². The molecule has 1 unspecified atom stereocenters. The normalized spacial score (nSPS) is 13.2. The molecule has 0 radical (unpaired) electrons. The van der Waals surface area contributed by atoms with Crippen LogP contribution in [0, 0.1) is 0 Å². The Morgan fingerprint density at radius 2 is 1.02 bits per heavy atom. The number of ether oxygens (including phenoxy) is 2. The van der Waals surface area contributed by atoms with E-state index < -0.39 is 32.5 Å². The van der Waals surface area contributed by atoms with E-state index in [9.17, 15) is 14.2 Å². The van der Waals surface area contributed by atoms with Crippen molar-refractivity contribution < 1.29 is 37.9 Å². The molecule has 0 heterocycles. The first-order valence-corrected chi connectivity index (χ1v) is 19.6. The topological polar surface area (TPSA) is 119 Å². The summed E-state index contributed by atoms with van der Waals surface area (Å²) >= 11 is 0. The van der Waals surface area contributed by atoms with Crippen LogP contribution in [0.15, 0.2) is 60.8 Å². The van der Waals surface area contributed by atoms with E-state index in [4.69, 9.17) is 19.3 Å². The van der Waals surface area contributed by atoms with Gasteiger partial charge >= 0.3 is 19.8 Å². The fourth-order valence-electron chi connectivity index (χ4n) is 4.59. The first-order chi connectivity index (χ1) is 22.8. The number of hydrogen-bond donors (Lipinski definition) is 2. The molecule has 0 fully saturated rings. The standard InChI is InChI=1S/C38H65O8P/c1-3-5-7-9-11-13-15-17-18-19-20-21-23-25-27-29-31-33-38(40)46-36(35-45-47(41,42)43)34-44-37(39)32-30-28-26-24-22-16-14-12-10-8-6-4-2/h5,7,11-14,17-18,20-21,36H,3-4,6,8-10,15-16,19,22-35H2,1-2H3,(H2,41,42,43)/b7-5-,13-11-,14-12-,18-17-,21-20-. The Hall–Kier alpha value is -2.25. The van der Waals surface area contributed by atoms with Crippen LogP contribution in [0.1, 0.15) is 149 Å². The molecule has 1 atom stereocenters. The quantitative estimate of drug-likeness (QED) is 0.0312. The molecule has 0 aromatic carbocycles. The molecule has 0 aliphatic rings. The van der Waals surface area contributed by atoms with Crippen molar-refractivity contribution in [1.29, 1.82) is 0 Å². The van der Waals surface area contributed by atoms with E-state index in [2.05, 4.69) is 79.1 Å². The maximum absolute atomic E-state index is 12.3. The van der Waals surface area contributed by atoms with Gasteiger partial charge in [0.15, 0.2) is 6.10 Å². The SMILES string of the molecule is CC/C=C\C/C=C\C/C=C\C/C=C\CCCCCCC(=O)OC(COC(=O)CCCCCCC/C=C\CCCCC)COP(=O)(O)O. The van der Waals surface area contributed by atoms with Crippen molar-refractivity contribution in [2.24, 2.45) is 0 Å². The monoisotopic (exact) mass is 680 g/mol. The molecule has 9 heteroatoms. The van der Waals surface area contributed by atoms with Gasteiger partial charge in [-0.15, -0.1) is 0 Å². The van der Waals surface area contributed by atoms with Crippen LogP contribution < -0.4 is 0 Å². The van der Waals surface area contributed by atoms with Gasteiger partial charge in [-0.25, -0.2) is 4.57 Å². The third-order valence-corrected chi connectivity index (χ3v) is 7.76. The van der Waals surface area contributed by atoms with Crippen LogP contribution in [0.2, 0.25) is 0 Å². The summed E-state index contributed by atoms with van der Waals surface area (Å²) in [6.07, 6.45) is 40.8. The van der Waals surface area contributed by atoms with Crippen LogP contribution in [-0.2, 0) is 28.2 Å². The molecule has 0 saturated carbocycles. The third-order valence-electron chi connectivity index (χ3n) is 7.27. The van der Waals surface area contributed by atoms with E-state index in [1.165, 1.54) is 19.3 Å². The van der Waals surface area contributed by atoms with Crippen LogP contribution in [0.25, 0.3) is 0 Å². The van der Waals surface area contributed by atoms with Crippen molar-refractivity contribution in [1.82, 2.24) is 0 Å². The van der Waals surface area contributed by atoms with Gasteiger partial charge < -0.3 is 19.3 Å². The minimum atomic E-state index is -4.76. The zero-order valence-electron chi connectivity index (χ0n) is 29.4. The number of phosphoric ester groups is 1. The molecule has 0 spiro atoms. The average molecular weight is 681 g/mol. The predicted octanol–water partition coefficient (Wildman–Crippen LogP) is 10.6. The Labute approximate surface area is 286 Å². The number of unbranched alkanes of at least 4 members (excludes halogenated alkanes) is 12. The fourth-order valence-corrected chi connectivity index (χ4v) is 4.95. The zero-order valence-corrected chi connectivity index (χ0v) is 30.3. The van der Waals surface area contributed by atoms with Gasteiger partial charge in [0.2, 0.25) is 0 Å². The summed E-state index contributed by atoms with van der Waals surface area (Å²) in [7, 11) is -4.76. The molecule has 0 aromatic rings. The number of hydrogen-bond acceptors (Lipinski definition) is 6. The van der Waals surface area contributed by atoms with Gasteiger partial charge in [-0.05, 0) is 77.0 Å². The predicted molar refractivity (Wildman–Crippen MR) is 193 cm³/mol. The van der Waals surface area contributed by atoms with E-state index in [1.807, 2.05) is 0 Å². The van der Waals surface area contributed by atoms with Crippen molar-refractivity contribution in [2.45, 2.75) is 155 Å². The second kappa shape index (κ2) is 33.6. The molecular formula is C38H65O8P. The minimum Gasteiger partial charge on any atom is -0.462 e. The molecule has 8 nitrogen and oxygen atoms in total. The van der Waals surface area contributed by atoms with Gasteiger partial charge in [0, 0.05) is 12.8 Å². The van der Waals surface area contributed by atoms with Crippen molar-refractivity contribution in [3.8, 4) is 0 Å². The fraction of sp³-hybridized carbons (Fsp3) is 0.684. The summed E-state index contributed by atoms with van der Waals surface area (Å²) in [6, 6.07) is 0. The van der Waals surface area contributed by atoms with Crippen LogP contribution in [-0.4, -0.2) is 41.0 Å². The second-order valence-corrected chi connectivity index (χ2v) is 13.0. The molecule has 0 rings (SSSR count). The van der Waals surface area contributed by atoms with E-state index in [-0.39, 0.29) is 19.4 Å². The zero-order chi connectivity index (χ0) is 34.7. The summed E-state index contributed by atoms with van der Waals surface area (Å²) in [4.78, 5) is 42.6. The summed E-state index contributed by atoms with van der Waals surface area (Å²) in [5.74, 6) is -0.930. The highest BCUT2D eigenvalue weighted by atomic mass is 31.2. The number of esters is 2. The Morgan fingerprint density at radius 3 is 1.55 bits per heavy atom. The maximum atomic E-state index is 12.3. The van der Waals surface area contributed by atoms with Crippen LogP contribution in [0.5, 0.6) is 0 Å². The Bertz CT molecular complexity index is 947. The maximum Gasteiger partial charge on any atom is 0.469 e. The Kier molecular flexibility index (Phi) is 32.0. The molecule has 0 aromatic heterocycles. The lowest BCUT2D eigenvalue weighted by Gasteiger charge is -2.18. The van der Waals surface area contributed by atoms with Gasteiger partial charge in [0.25, 0.3) is 0 Å². The van der Waals surface area contributed by atoms with Crippen molar-refractivity contribution in [3.63, 3.8) is 0 Å². The van der Waals surface area contributed by atoms with E-state index in [0.29, 0.717) is 12.8 Å². The average Bonchev–Trinajstić information content (AvgIpc) is 3.04. The van der Waals surface area contributed by atoms with Crippen molar-refractivity contribution >= 4 is 19.8 Å². The summed E-state index contributed by atoms with van der Waals surface area (Å²) in [5, 5.41) is 0. The molecule has 0 bridgehead atoms. The largest absolute Gasteiger partial charge is 0.469 e. The molecular weight excluding hydrogens is 615 g/mol. The number of rotatable bonds is 32. The molecule has 47 heavy (non-hydrogen) atoms. The number of carbonyl (C=O) groups excluding carboxylic acids is 2. The summed E-state index contributed by atoms with van der Waals surface area (Å²) in [5.41, 5.74) is 0. The first-order valence-electron chi connectivity index (χ1n) is 18.1. The highest BCUT2D eigenvalue weighted by molar-refractivity contribution is 7.46. The molecule has 0 saturated heterocycles. The molecule has 0 aliphatic carbocycles. The van der Waals surface area contributed by atoms with Gasteiger partial charge in [-0.3, -0.25) is 14.1 Å². The highest BCUT2D eigenvalue weighted by Gasteiger charge is 2.22. The van der Waals surface area contributed by atoms with Crippen molar-refractivity contribution in [3.05, 3.63) is 60.8 Å². The van der Waals surface area contributed by atoms with Gasteiger partial charge in [-0.1, -0.05) is 120 Å². The Morgan fingerprint density at radius 1 is 0.574 bits per heavy atom. The van der Waals surface area contributed by atoms with E-state index in [1.54, 1.807) is 0 Å². The first kappa shape index (κ1) is 44.8. The summed E-state index contributed by atoms with van der Waals surface area (Å²) in [6.45, 7) is 3.49. The van der Waals surface area contributed by atoms with Gasteiger partial charge in [0.05, 0.1) is 6.61 Å². The lowest BCUT2D eigenvalue weighted by atomic mass is 10.1. The van der Waals surface area contributed by atoms with Crippen LogP contribution in [0.3, 0.4) is 0 Å². The highest BCUT2D eigenvalue weighted by Crippen LogP contribution is 2.35. The molecule has 0 amide bonds. The van der Waals surface area contributed by atoms with Crippen LogP contribution in [0.4, 0.5) is 0 Å². The molecule has 2 N–H and O–H groups in total. The lowest BCUT2D eigenvalue weighted by molar-refractivity contribution is -0.161. The lowest BCUT2D eigenvalue weighted by Crippen LogP contribution is -2.29.